The molecule has 12 heteroatoms. The normalized spacial score (nSPS) is 17.5. The van der Waals surface area contributed by atoms with Crippen molar-refractivity contribution < 1.29 is 28.7 Å². The van der Waals surface area contributed by atoms with E-state index < -0.39 is 12.0 Å². The van der Waals surface area contributed by atoms with Gasteiger partial charge in [-0.05, 0) is 113 Å². The maximum Gasteiger partial charge on any atom is 0.338 e. The molecule has 0 aliphatic carbocycles. The van der Waals surface area contributed by atoms with E-state index in [0.29, 0.717) is 41.6 Å². The van der Waals surface area contributed by atoms with Crippen molar-refractivity contribution in [3.05, 3.63) is 54.1 Å². The van der Waals surface area contributed by atoms with Crippen LogP contribution < -0.4 is 20.7 Å². The van der Waals surface area contributed by atoms with Crippen molar-refractivity contribution in [2.24, 2.45) is 11.7 Å². The zero-order valence-corrected chi connectivity index (χ0v) is 26.1. The Morgan fingerprint density at radius 3 is 2.30 bits per heavy atom. The lowest BCUT2D eigenvalue weighted by Gasteiger charge is -2.31. The van der Waals surface area contributed by atoms with Crippen molar-refractivity contribution in [1.29, 1.82) is 0 Å². The average molecular weight is 624 g/mol. The van der Waals surface area contributed by atoms with Gasteiger partial charge in [-0.3, -0.25) is 19.3 Å². The third-order valence-corrected chi connectivity index (χ3v) is 8.23. The Hall–Kier alpha value is -4.03. The van der Waals surface area contributed by atoms with Gasteiger partial charge in [0.25, 0.3) is 5.91 Å². The minimum Gasteiger partial charge on any atom is -0.494 e. The van der Waals surface area contributed by atoms with E-state index in [4.69, 9.17) is 27.4 Å². The topological polar surface area (TPSA) is 135 Å². The standard InChI is InChI=1S/C32H41N5O6S/c1-3-20-43-26-12-8-24(9-13-26)34-28(38)21-27-30(40)37(25-10-6-23(7-11-25)31(41)42-4-2)32(44)36(27)17-5-16-35-18-14-22(15-19-35)29(33)39/h6-13,22,27H,3-5,14-21H2,1-2H3,(H2,33,39)(H,34,38). The molecule has 0 saturated carbocycles. The van der Waals surface area contributed by atoms with Crippen LogP contribution in [0, 0.1) is 5.92 Å². The van der Waals surface area contributed by atoms with Gasteiger partial charge in [-0.1, -0.05) is 6.92 Å². The van der Waals surface area contributed by atoms with E-state index in [-0.39, 0.29) is 36.7 Å². The first-order valence-electron chi connectivity index (χ1n) is 15.2. The molecular formula is C32H41N5O6S. The molecule has 1 unspecified atom stereocenters. The summed E-state index contributed by atoms with van der Waals surface area (Å²) in [6, 6.07) is 12.8. The van der Waals surface area contributed by atoms with Gasteiger partial charge in [0, 0.05) is 18.2 Å². The number of hydrogen-bond donors (Lipinski definition) is 2. The molecule has 0 aromatic heterocycles. The molecule has 1 atom stereocenters. The van der Waals surface area contributed by atoms with Crippen LogP contribution in [0.4, 0.5) is 11.4 Å². The van der Waals surface area contributed by atoms with Crippen LogP contribution in [0.2, 0.25) is 0 Å². The first-order chi connectivity index (χ1) is 21.2. The largest absolute Gasteiger partial charge is 0.494 e. The molecule has 0 radical (unpaired) electrons. The average Bonchev–Trinajstić information content (AvgIpc) is 3.25. The highest BCUT2D eigenvalue weighted by atomic mass is 32.1. The number of likely N-dealkylation sites (tertiary alicyclic amines) is 1. The molecule has 2 aromatic rings. The summed E-state index contributed by atoms with van der Waals surface area (Å²) in [5, 5.41) is 3.19. The molecule has 0 spiro atoms. The van der Waals surface area contributed by atoms with E-state index in [1.807, 2.05) is 11.8 Å². The highest BCUT2D eigenvalue weighted by molar-refractivity contribution is 7.80. The smallest absolute Gasteiger partial charge is 0.338 e. The van der Waals surface area contributed by atoms with Crippen molar-refractivity contribution in [2.75, 3.05) is 49.6 Å². The minimum absolute atomic E-state index is 0.0817. The van der Waals surface area contributed by atoms with Crippen molar-refractivity contribution in [3.63, 3.8) is 0 Å². The van der Waals surface area contributed by atoms with Crippen molar-refractivity contribution >= 4 is 52.4 Å². The number of carbonyl (C=O) groups excluding carboxylic acids is 4. The number of ether oxygens (including phenoxy) is 2. The Balaban J connectivity index is 1.45. The van der Waals surface area contributed by atoms with Gasteiger partial charge in [-0.2, -0.15) is 0 Å². The van der Waals surface area contributed by atoms with Gasteiger partial charge in [0.2, 0.25) is 11.8 Å². The molecule has 3 N–H and O–H groups in total. The molecular weight excluding hydrogens is 582 g/mol. The number of nitrogens with one attached hydrogen (secondary N) is 1. The molecule has 3 amide bonds. The number of nitrogens with zero attached hydrogens (tertiary/aromatic N) is 3. The number of esters is 1. The van der Waals surface area contributed by atoms with Crippen LogP contribution in [0.1, 0.15) is 56.3 Å². The molecule has 2 aliphatic heterocycles. The van der Waals surface area contributed by atoms with Crippen molar-refractivity contribution in [3.8, 4) is 5.75 Å². The summed E-state index contributed by atoms with van der Waals surface area (Å²) in [6.45, 7) is 7.43. The Morgan fingerprint density at radius 2 is 1.68 bits per heavy atom. The van der Waals surface area contributed by atoms with E-state index in [1.165, 1.54) is 4.90 Å². The molecule has 2 heterocycles. The molecule has 4 rings (SSSR count). The Bertz CT molecular complexity index is 1330. The third-order valence-electron chi connectivity index (χ3n) is 7.81. The van der Waals surface area contributed by atoms with E-state index >= 15 is 0 Å². The van der Waals surface area contributed by atoms with Crippen LogP contribution in [-0.4, -0.2) is 84.0 Å². The minimum atomic E-state index is -0.792. The second-order valence-corrected chi connectivity index (χ2v) is 11.3. The number of hydrogen-bond acceptors (Lipinski definition) is 8. The summed E-state index contributed by atoms with van der Waals surface area (Å²) in [4.78, 5) is 56.2. The highest BCUT2D eigenvalue weighted by Gasteiger charge is 2.44. The fraction of sp³-hybridized carbons (Fsp3) is 0.469. The van der Waals surface area contributed by atoms with Gasteiger partial charge in [0.05, 0.1) is 30.9 Å². The predicted octanol–water partition coefficient (Wildman–Crippen LogP) is 3.57. The molecule has 0 bridgehead atoms. The summed E-state index contributed by atoms with van der Waals surface area (Å²) in [6.07, 6.45) is 2.99. The van der Waals surface area contributed by atoms with Gasteiger partial charge < -0.3 is 30.3 Å². The first-order valence-corrected chi connectivity index (χ1v) is 15.6. The van der Waals surface area contributed by atoms with E-state index in [9.17, 15) is 19.2 Å². The lowest BCUT2D eigenvalue weighted by molar-refractivity contribution is -0.124. The Morgan fingerprint density at radius 1 is 1.00 bits per heavy atom. The SMILES string of the molecule is CCCOc1ccc(NC(=O)CC2C(=O)N(c3ccc(C(=O)OCC)cc3)C(=S)N2CCCN2CCC(C(N)=O)CC2)cc1. The van der Waals surface area contributed by atoms with Crippen LogP contribution in [0.3, 0.4) is 0 Å². The Kier molecular flexibility index (Phi) is 11.7. The summed E-state index contributed by atoms with van der Waals surface area (Å²) in [7, 11) is 0. The fourth-order valence-corrected chi connectivity index (χ4v) is 5.85. The number of anilines is 2. The van der Waals surface area contributed by atoms with Gasteiger partial charge in [-0.25, -0.2) is 4.79 Å². The lowest BCUT2D eigenvalue weighted by atomic mass is 9.96. The predicted molar refractivity (Wildman–Crippen MR) is 171 cm³/mol. The molecule has 2 fully saturated rings. The van der Waals surface area contributed by atoms with Crippen LogP contribution >= 0.6 is 12.2 Å². The molecule has 44 heavy (non-hydrogen) atoms. The zero-order valence-electron chi connectivity index (χ0n) is 25.3. The molecule has 2 aromatic carbocycles. The number of primary amides is 1. The fourth-order valence-electron chi connectivity index (χ4n) is 5.43. The maximum absolute atomic E-state index is 13.8. The summed E-state index contributed by atoms with van der Waals surface area (Å²) in [5.41, 5.74) is 6.95. The maximum atomic E-state index is 13.8. The summed E-state index contributed by atoms with van der Waals surface area (Å²) >= 11 is 5.80. The summed E-state index contributed by atoms with van der Waals surface area (Å²) < 4.78 is 10.7. The van der Waals surface area contributed by atoms with Gasteiger partial charge >= 0.3 is 5.97 Å². The number of thiocarbonyl (C=S) groups is 1. The van der Waals surface area contributed by atoms with Crippen LogP contribution in [0.5, 0.6) is 5.75 Å². The van der Waals surface area contributed by atoms with Gasteiger partial charge in [0.15, 0.2) is 5.11 Å². The first kappa shape index (κ1) is 32.9. The summed E-state index contributed by atoms with van der Waals surface area (Å²) in [5.74, 6) is -0.679. The van der Waals surface area contributed by atoms with Crippen molar-refractivity contribution in [1.82, 2.24) is 9.80 Å². The quantitative estimate of drug-likeness (QED) is 0.239. The number of nitrogens with two attached hydrogens (primary N) is 1. The second kappa shape index (κ2) is 15.6. The van der Waals surface area contributed by atoms with Crippen molar-refractivity contribution in [2.45, 2.75) is 52.0 Å². The van der Waals surface area contributed by atoms with Gasteiger partial charge in [-0.15, -0.1) is 0 Å². The molecule has 2 saturated heterocycles. The second-order valence-electron chi connectivity index (χ2n) is 10.9. The number of amides is 3. The lowest BCUT2D eigenvalue weighted by Crippen LogP contribution is -2.41. The van der Waals surface area contributed by atoms with E-state index in [2.05, 4.69) is 10.2 Å². The molecule has 2 aliphatic rings. The van der Waals surface area contributed by atoms with Crippen LogP contribution in [-0.2, 0) is 19.1 Å². The number of benzene rings is 2. The third kappa shape index (κ3) is 8.32. The highest BCUT2D eigenvalue weighted by Crippen LogP contribution is 2.29. The number of rotatable bonds is 14. The Labute approximate surface area is 263 Å². The van der Waals surface area contributed by atoms with Crippen LogP contribution in [0.15, 0.2) is 48.5 Å². The molecule has 236 valence electrons. The number of piperidine rings is 1. The van der Waals surface area contributed by atoms with Crippen LogP contribution in [0.25, 0.3) is 0 Å². The van der Waals surface area contributed by atoms with Gasteiger partial charge in [0.1, 0.15) is 11.8 Å². The monoisotopic (exact) mass is 623 g/mol. The molecule has 11 nitrogen and oxygen atoms in total. The zero-order chi connectivity index (χ0) is 31.6. The number of carbonyl (C=O) groups is 4. The van der Waals surface area contributed by atoms with E-state index in [1.54, 1.807) is 55.5 Å². The van der Waals surface area contributed by atoms with E-state index in [0.717, 1.165) is 44.6 Å².